The second kappa shape index (κ2) is 9.17. The first-order valence-electron chi connectivity index (χ1n) is 12.3. The van der Waals surface area contributed by atoms with Gasteiger partial charge in [-0.05, 0) is 57.9 Å². The SMILES string of the molecule is Cc1ccc(Cc2c(C)nc3c(C(=O)N4CCN(c5ccc(C)cc5)[C@H](C)C4)cnn3c2C)cc1. The van der Waals surface area contributed by atoms with Crippen molar-refractivity contribution < 1.29 is 4.79 Å². The van der Waals surface area contributed by atoms with Gasteiger partial charge in [0.1, 0.15) is 5.56 Å². The van der Waals surface area contributed by atoms with Gasteiger partial charge < -0.3 is 9.80 Å². The zero-order chi connectivity index (χ0) is 24.7. The third-order valence-electron chi connectivity index (χ3n) is 7.22. The van der Waals surface area contributed by atoms with Gasteiger partial charge in [0, 0.05) is 49.2 Å². The Bertz CT molecular complexity index is 1370. The number of carbonyl (C=O) groups excluding carboxylic acids is 1. The average Bonchev–Trinajstić information content (AvgIpc) is 3.27. The minimum Gasteiger partial charge on any atom is -0.365 e. The van der Waals surface area contributed by atoms with E-state index in [1.807, 2.05) is 16.3 Å². The lowest BCUT2D eigenvalue weighted by Crippen LogP contribution is -2.53. The van der Waals surface area contributed by atoms with Gasteiger partial charge in [-0.1, -0.05) is 47.5 Å². The normalized spacial score (nSPS) is 16.2. The van der Waals surface area contributed by atoms with Crippen LogP contribution in [0.3, 0.4) is 0 Å². The van der Waals surface area contributed by atoms with Crippen molar-refractivity contribution in [2.45, 2.75) is 47.1 Å². The summed E-state index contributed by atoms with van der Waals surface area (Å²) in [7, 11) is 0. The highest BCUT2D eigenvalue weighted by atomic mass is 16.2. The molecule has 0 saturated carbocycles. The molecule has 1 aliphatic rings. The molecule has 0 spiro atoms. The largest absolute Gasteiger partial charge is 0.365 e. The Hall–Kier alpha value is -3.67. The molecule has 4 aromatic rings. The molecular formula is C29H33N5O. The molecule has 3 heterocycles. The zero-order valence-electron chi connectivity index (χ0n) is 21.2. The van der Waals surface area contributed by atoms with Crippen LogP contribution in [0.25, 0.3) is 5.65 Å². The lowest BCUT2D eigenvalue weighted by Gasteiger charge is -2.41. The molecule has 0 bridgehead atoms. The van der Waals surface area contributed by atoms with Gasteiger partial charge in [0.05, 0.1) is 6.20 Å². The summed E-state index contributed by atoms with van der Waals surface area (Å²) in [5.41, 5.74) is 9.31. The van der Waals surface area contributed by atoms with Crippen LogP contribution in [0, 0.1) is 27.7 Å². The van der Waals surface area contributed by atoms with Crippen LogP contribution in [0.2, 0.25) is 0 Å². The van der Waals surface area contributed by atoms with E-state index < -0.39 is 0 Å². The van der Waals surface area contributed by atoms with Crippen molar-refractivity contribution in [3.8, 4) is 0 Å². The number of aromatic nitrogens is 3. The minimum atomic E-state index is 0.00740. The van der Waals surface area contributed by atoms with Crippen LogP contribution in [0.4, 0.5) is 5.69 Å². The molecule has 1 atom stereocenters. The van der Waals surface area contributed by atoms with Gasteiger partial charge in [0.2, 0.25) is 0 Å². The molecule has 2 aromatic carbocycles. The van der Waals surface area contributed by atoms with E-state index in [4.69, 9.17) is 4.98 Å². The van der Waals surface area contributed by atoms with Crippen LogP contribution in [-0.2, 0) is 6.42 Å². The van der Waals surface area contributed by atoms with Crippen LogP contribution in [-0.4, -0.2) is 51.1 Å². The Kier molecular flexibility index (Phi) is 6.05. The number of fused-ring (bicyclic) bond motifs is 1. The summed E-state index contributed by atoms with van der Waals surface area (Å²) in [6.07, 6.45) is 2.48. The summed E-state index contributed by atoms with van der Waals surface area (Å²) in [6, 6.07) is 17.4. The van der Waals surface area contributed by atoms with E-state index in [-0.39, 0.29) is 11.9 Å². The van der Waals surface area contributed by atoms with Crippen molar-refractivity contribution in [2.24, 2.45) is 0 Å². The number of carbonyl (C=O) groups is 1. The third-order valence-corrected chi connectivity index (χ3v) is 7.22. The topological polar surface area (TPSA) is 53.7 Å². The smallest absolute Gasteiger partial charge is 0.259 e. The number of amides is 1. The van der Waals surface area contributed by atoms with E-state index in [2.05, 4.69) is 86.2 Å². The fourth-order valence-electron chi connectivity index (χ4n) is 5.06. The number of anilines is 1. The van der Waals surface area contributed by atoms with E-state index >= 15 is 0 Å². The number of rotatable bonds is 4. The first-order valence-corrected chi connectivity index (χ1v) is 12.3. The van der Waals surface area contributed by atoms with Crippen LogP contribution >= 0.6 is 0 Å². The number of aryl methyl sites for hydroxylation is 4. The van der Waals surface area contributed by atoms with Gasteiger partial charge in [-0.3, -0.25) is 4.79 Å². The summed E-state index contributed by atoms with van der Waals surface area (Å²) >= 11 is 0. The van der Waals surface area contributed by atoms with Crippen LogP contribution < -0.4 is 4.90 Å². The highest BCUT2D eigenvalue weighted by molar-refractivity contribution is 6.00. The first kappa shape index (κ1) is 23.1. The molecular weight excluding hydrogens is 434 g/mol. The number of hydrogen-bond acceptors (Lipinski definition) is 4. The van der Waals surface area contributed by atoms with Crippen LogP contribution in [0.15, 0.2) is 54.7 Å². The Morgan fingerprint density at radius 3 is 2.26 bits per heavy atom. The Morgan fingerprint density at radius 2 is 1.60 bits per heavy atom. The summed E-state index contributed by atoms with van der Waals surface area (Å²) in [5.74, 6) is 0.00740. The molecule has 1 amide bonds. The molecule has 0 radical (unpaired) electrons. The lowest BCUT2D eigenvalue weighted by atomic mass is 10.0. The first-order chi connectivity index (χ1) is 16.8. The van der Waals surface area contributed by atoms with Crippen molar-refractivity contribution in [3.05, 3.63) is 93.9 Å². The second-order valence-electron chi connectivity index (χ2n) is 9.85. The summed E-state index contributed by atoms with van der Waals surface area (Å²) in [6.45, 7) is 12.6. The average molecular weight is 468 g/mol. The van der Waals surface area contributed by atoms with Gasteiger partial charge in [-0.25, -0.2) is 9.50 Å². The molecule has 1 fully saturated rings. The van der Waals surface area contributed by atoms with Gasteiger partial charge in [0.15, 0.2) is 5.65 Å². The van der Waals surface area contributed by atoms with Gasteiger partial charge in [-0.2, -0.15) is 5.10 Å². The maximum Gasteiger partial charge on any atom is 0.259 e. The van der Waals surface area contributed by atoms with Crippen molar-refractivity contribution >= 4 is 17.2 Å². The predicted molar refractivity (Wildman–Crippen MR) is 140 cm³/mol. The zero-order valence-corrected chi connectivity index (χ0v) is 21.2. The van der Waals surface area contributed by atoms with Crippen molar-refractivity contribution in [2.75, 3.05) is 24.5 Å². The molecule has 1 saturated heterocycles. The molecule has 6 heteroatoms. The summed E-state index contributed by atoms with van der Waals surface area (Å²) in [4.78, 5) is 22.7. The fraction of sp³-hybridized carbons (Fsp3) is 0.345. The monoisotopic (exact) mass is 467 g/mol. The highest BCUT2D eigenvalue weighted by Crippen LogP contribution is 2.24. The Labute approximate surface area is 207 Å². The molecule has 180 valence electrons. The minimum absolute atomic E-state index is 0.00740. The van der Waals surface area contributed by atoms with E-state index in [9.17, 15) is 4.79 Å². The molecule has 2 aromatic heterocycles. The maximum absolute atomic E-state index is 13.6. The molecule has 5 rings (SSSR count). The standard InChI is InChI=1S/C29H33N5O/c1-19-6-10-24(11-7-19)16-26-22(4)31-28-27(17-30-34(28)23(26)5)29(35)32-14-15-33(21(3)18-32)25-12-8-20(2)9-13-25/h6-13,17,21H,14-16,18H2,1-5H3/t21-/m1/s1. The van der Waals surface area contributed by atoms with Crippen molar-refractivity contribution in [1.82, 2.24) is 19.5 Å². The maximum atomic E-state index is 13.6. The summed E-state index contributed by atoms with van der Waals surface area (Å²) < 4.78 is 1.83. The molecule has 6 nitrogen and oxygen atoms in total. The van der Waals surface area contributed by atoms with E-state index in [1.165, 1.54) is 22.4 Å². The van der Waals surface area contributed by atoms with E-state index in [0.717, 1.165) is 29.9 Å². The van der Waals surface area contributed by atoms with Gasteiger partial charge in [-0.15, -0.1) is 0 Å². The molecule has 0 unspecified atom stereocenters. The predicted octanol–water partition coefficient (Wildman–Crippen LogP) is 4.90. The van der Waals surface area contributed by atoms with Crippen LogP contribution in [0.5, 0.6) is 0 Å². The number of hydrogen-bond donors (Lipinski definition) is 0. The van der Waals surface area contributed by atoms with E-state index in [0.29, 0.717) is 24.3 Å². The molecule has 0 N–H and O–H groups in total. The highest BCUT2D eigenvalue weighted by Gasteiger charge is 2.29. The second-order valence-corrected chi connectivity index (χ2v) is 9.85. The third kappa shape index (κ3) is 4.41. The summed E-state index contributed by atoms with van der Waals surface area (Å²) in [5, 5.41) is 4.58. The van der Waals surface area contributed by atoms with E-state index in [1.54, 1.807) is 6.20 Å². The molecule has 0 aliphatic carbocycles. The number of benzene rings is 2. The fourth-order valence-corrected chi connectivity index (χ4v) is 5.06. The molecule has 1 aliphatic heterocycles. The Morgan fingerprint density at radius 1 is 0.943 bits per heavy atom. The molecule has 35 heavy (non-hydrogen) atoms. The van der Waals surface area contributed by atoms with Crippen LogP contribution in [0.1, 0.15) is 50.9 Å². The van der Waals surface area contributed by atoms with Gasteiger partial charge in [0.25, 0.3) is 5.91 Å². The Balaban J connectivity index is 1.38. The van der Waals surface area contributed by atoms with Crippen molar-refractivity contribution in [3.63, 3.8) is 0 Å². The quantitative estimate of drug-likeness (QED) is 0.428. The van der Waals surface area contributed by atoms with Crippen molar-refractivity contribution in [1.29, 1.82) is 0 Å². The number of nitrogens with zero attached hydrogens (tertiary/aromatic N) is 5. The van der Waals surface area contributed by atoms with Gasteiger partial charge >= 0.3 is 0 Å². The lowest BCUT2D eigenvalue weighted by molar-refractivity contribution is 0.0728. The number of piperazine rings is 1.